The second-order valence-corrected chi connectivity index (χ2v) is 4.90. The van der Waals surface area contributed by atoms with E-state index in [-0.39, 0.29) is 12.4 Å². The number of ether oxygens (including phenoxy) is 1. The summed E-state index contributed by atoms with van der Waals surface area (Å²) in [5.41, 5.74) is 0.577. The van der Waals surface area contributed by atoms with Gasteiger partial charge in [0, 0.05) is 17.9 Å². The van der Waals surface area contributed by atoms with Crippen molar-refractivity contribution >= 4 is 28.0 Å². The second-order valence-electron chi connectivity index (χ2n) is 4.54. The topological polar surface area (TPSA) is 91.2 Å². The van der Waals surface area contributed by atoms with Gasteiger partial charge in [0.2, 0.25) is 11.6 Å². The smallest absolute Gasteiger partial charge is 0.253 e. The summed E-state index contributed by atoms with van der Waals surface area (Å²) in [6, 6.07) is 7.57. The van der Waals surface area contributed by atoms with Crippen molar-refractivity contribution < 1.29 is 9.26 Å². The van der Waals surface area contributed by atoms with Crippen LogP contribution < -0.4 is 0 Å². The van der Waals surface area contributed by atoms with E-state index in [2.05, 4.69) is 25.4 Å². The van der Waals surface area contributed by atoms with E-state index in [9.17, 15) is 0 Å². The number of aromatic nitrogens is 6. The molecule has 3 heterocycles. The van der Waals surface area contributed by atoms with Crippen molar-refractivity contribution in [2.75, 3.05) is 7.11 Å². The molecular weight excluding hydrogens is 308 g/mol. The average molecular weight is 317 g/mol. The quantitative estimate of drug-likeness (QED) is 0.571. The predicted molar refractivity (Wildman–Crippen MR) is 77.3 cm³/mol. The van der Waals surface area contributed by atoms with E-state index in [1.54, 1.807) is 7.11 Å². The first-order valence-corrected chi connectivity index (χ1v) is 6.77. The standard InChI is InChI=1S/C13H9ClN6O2/c1-21-6-9-15-11(19-22-9)13-17-16-12-8-5-3-2-4-7(8)10(14)18-20(12)13/h2-5H,6H2,1H3. The highest BCUT2D eigenvalue weighted by Gasteiger charge is 2.18. The molecule has 0 unspecified atom stereocenters. The van der Waals surface area contributed by atoms with Crippen LogP contribution in [0.1, 0.15) is 5.89 Å². The van der Waals surface area contributed by atoms with Crippen molar-refractivity contribution in [3.8, 4) is 11.6 Å². The van der Waals surface area contributed by atoms with Crippen LogP contribution in [0.25, 0.3) is 28.1 Å². The fourth-order valence-electron chi connectivity index (χ4n) is 2.21. The van der Waals surface area contributed by atoms with Gasteiger partial charge in [0.1, 0.15) is 6.61 Å². The molecule has 0 fully saturated rings. The minimum Gasteiger partial charge on any atom is -0.375 e. The molecule has 110 valence electrons. The highest BCUT2D eigenvalue weighted by atomic mass is 35.5. The lowest BCUT2D eigenvalue weighted by molar-refractivity contribution is 0.151. The number of methoxy groups -OCH3 is 1. The molecule has 0 saturated carbocycles. The van der Waals surface area contributed by atoms with Gasteiger partial charge in [-0.05, 0) is 0 Å². The number of hydrogen-bond donors (Lipinski definition) is 0. The molecule has 0 aliphatic heterocycles. The number of fused-ring (bicyclic) bond motifs is 3. The van der Waals surface area contributed by atoms with Crippen molar-refractivity contribution in [1.82, 2.24) is 30.0 Å². The molecule has 0 saturated heterocycles. The average Bonchev–Trinajstić information content (AvgIpc) is 3.14. The summed E-state index contributed by atoms with van der Waals surface area (Å²) in [6.07, 6.45) is 0. The minimum absolute atomic E-state index is 0.223. The number of nitrogens with zero attached hydrogens (tertiary/aromatic N) is 6. The van der Waals surface area contributed by atoms with E-state index in [4.69, 9.17) is 20.9 Å². The Morgan fingerprint density at radius 3 is 2.86 bits per heavy atom. The van der Waals surface area contributed by atoms with Crippen LogP contribution >= 0.6 is 11.6 Å². The first kappa shape index (κ1) is 13.1. The Morgan fingerprint density at radius 1 is 1.23 bits per heavy atom. The van der Waals surface area contributed by atoms with Gasteiger partial charge in [-0.2, -0.15) is 14.6 Å². The van der Waals surface area contributed by atoms with Crippen LogP contribution in [0.4, 0.5) is 0 Å². The van der Waals surface area contributed by atoms with Crippen LogP contribution in [-0.2, 0) is 11.3 Å². The van der Waals surface area contributed by atoms with E-state index in [1.165, 1.54) is 4.52 Å². The lowest BCUT2D eigenvalue weighted by Crippen LogP contribution is -1.98. The molecule has 0 spiro atoms. The van der Waals surface area contributed by atoms with Crippen molar-refractivity contribution in [1.29, 1.82) is 0 Å². The van der Waals surface area contributed by atoms with Gasteiger partial charge in [-0.1, -0.05) is 41.0 Å². The molecule has 0 aliphatic carbocycles. The lowest BCUT2D eigenvalue weighted by Gasteiger charge is -2.01. The van der Waals surface area contributed by atoms with Gasteiger partial charge in [0.25, 0.3) is 5.89 Å². The van der Waals surface area contributed by atoms with Crippen molar-refractivity contribution in [2.24, 2.45) is 0 Å². The number of hydrogen-bond acceptors (Lipinski definition) is 7. The molecule has 22 heavy (non-hydrogen) atoms. The fraction of sp³-hybridized carbons (Fsp3) is 0.154. The van der Waals surface area contributed by atoms with Crippen LogP contribution in [0.2, 0.25) is 5.15 Å². The summed E-state index contributed by atoms with van der Waals surface area (Å²) in [5.74, 6) is 0.980. The van der Waals surface area contributed by atoms with Crippen LogP contribution in [-0.4, -0.2) is 37.1 Å². The van der Waals surface area contributed by atoms with Gasteiger partial charge in [-0.15, -0.1) is 10.2 Å². The number of benzene rings is 1. The van der Waals surface area contributed by atoms with Gasteiger partial charge in [-0.25, -0.2) is 0 Å². The lowest BCUT2D eigenvalue weighted by atomic mass is 10.2. The third kappa shape index (κ3) is 1.92. The largest absolute Gasteiger partial charge is 0.375 e. The van der Waals surface area contributed by atoms with E-state index in [1.807, 2.05) is 24.3 Å². The first-order chi connectivity index (χ1) is 10.8. The Balaban J connectivity index is 1.95. The SMILES string of the molecule is COCc1nc(-c2nnc3c4ccccc4c(Cl)nn23)no1. The van der Waals surface area contributed by atoms with E-state index in [0.717, 1.165) is 10.8 Å². The van der Waals surface area contributed by atoms with E-state index >= 15 is 0 Å². The number of halogens is 1. The van der Waals surface area contributed by atoms with Crippen LogP contribution in [0.15, 0.2) is 28.8 Å². The third-order valence-corrected chi connectivity index (χ3v) is 3.43. The molecule has 4 aromatic rings. The molecule has 0 radical (unpaired) electrons. The Bertz CT molecular complexity index is 979. The summed E-state index contributed by atoms with van der Waals surface area (Å²) in [4.78, 5) is 4.19. The monoisotopic (exact) mass is 316 g/mol. The summed E-state index contributed by atoms with van der Waals surface area (Å²) in [5, 5.41) is 18.4. The first-order valence-electron chi connectivity index (χ1n) is 6.39. The Labute approximate surface area is 128 Å². The second kappa shape index (κ2) is 5.00. The van der Waals surface area contributed by atoms with Gasteiger partial charge in [0.15, 0.2) is 10.8 Å². The maximum atomic E-state index is 6.24. The van der Waals surface area contributed by atoms with Crippen LogP contribution in [0, 0.1) is 0 Å². The molecule has 0 atom stereocenters. The van der Waals surface area contributed by atoms with Crippen molar-refractivity contribution in [2.45, 2.75) is 6.61 Å². The van der Waals surface area contributed by atoms with Gasteiger partial charge >= 0.3 is 0 Å². The molecule has 9 heteroatoms. The molecular formula is C13H9ClN6O2. The predicted octanol–water partition coefficient (Wildman–Crippen LogP) is 2.13. The van der Waals surface area contributed by atoms with Crippen LogP contribution in [0.3, 0.4) is 0 Å². The fourth-order valence-corrected chi connectivity index (χ4v) is 2.45. The zero-order valence-corrected chi connectivity index (χ0v) is 12.2. The molecule has 0 aliphatic rings. The molecule has 0 bridgehead atoms. The van der Waals surface area contributed by atoms with Gasteiger partial charge in [0.05, 0.1) is 0 Å². The van der Waals surface area contributed by atoms with Crippen molar-refractivity contribution in [3.63, 3.8) is 0 Å². The highest BCUT2D eigenvalue weighted by Crippen LogP contribution is 2.26. The summed E-state index contributed by atoms with van der Waals surface area (Å²) >= 11 is 6.24. The van der Waals surface area contributed by atoms with Crippen LogP contribution in [0.5, 0.6) is 0 Å². The molecule has 8 nitrogen and oxygen atoms in total. The third-order valence-electron chi connectivity index (χ3n) is 3.15. The molecule has 1 aromatic carbocycles. The Hall–Kier alpha value is -2.58. The summed E-state index contributed by atoms with van der Waals surface area (Å²) < 4.78 is 11.5. The maximum absolute atomic E-state index is 6.24. The van der Waals surface area contributed by atoms with Gasteiger partial charge in [-0.3, -0.25) is 0 Å². The maximum Gasteiger partial charge on any atom is 0.253 e. The molecule has 4 rings (SSSR count). The van der Waals surface area contributed by atoms with Gasteiger partial charge < -0.3 is 9.26 Å². The Kier molecular flexibility index (Phi) is 2.98. The number of rotatable bonds is 3. The zero-order chi connectivity index (χ0) is 15.1. The molecule has 3 aromatic heterocycles. The Morgan fingerprint density at radius 2 is 2.05 bits per heavy atom. The van der Waals surface area contributed by atoms with E-state index in [0.29, 0.717) is 22.5 Å². The normalized spacial score (nSPS) is 11.5. The van der Waals surface area contributed by atoms with Crippen molar-refractivity contribution in [3.05, 3.63) is 35.3 Å². The summed E-state index contributed by atoms with van der Waals surface area (Å²) in [7, 11) is 1.55. The van der Waals surface area contributed by atoms with E-state index < -0.39 is 0 Å². The molecule has 0 amide bonds. The highest BCUT2D eigenvalue weighted by molar-refractivity contribution is 6.34. The molecule has 0 N–H and O–H groups in total. The minimum atomic E-state index is 0.223. The summed E-state index contributed by atoms with van der Waals surface area (Å²) in [6.45, 7) is 0.223. The zero-order valence-electron chi connectivity index (χ0n) is 11.4.